The Hall–Kier alpha value is -1.52. The molecule has 0 aliphatic heterocycles. The lowest BCUT2D eigenvalue weighted by Gasteiger charge is -2.19. The predicted octanol–water partition coefficient (Wildman–Crippen LogP) is 0.687. The molecule has 0 unspecified atom stereocenters. The SMILES string of the molecule is Bc1ccc(NC(=O)OC(C)(C)C)nc1. The van der Waals surface area contributed by atoms with Crippen LogP contribution >= 0.6 is 0 Å². The van der Waals surface area contributed by atoms with Crippen molar-refractivity contribution in [2.45, 2.75) is 26.4 Å². The third kappa shape index (κ3) is 4.49. The van der Waals surface area contributed by atoms with E-state index < -0.39 is 11.7 Å². The van der Waals surface area contributed by atoms with Gasteiger partial charge in [-0.1, -0.05) is 11.5 Å². The molecule has 1 aromatic heterocycles. The first-order valence-corrected chi connectivity index (χ1v) is 4.79. The first kappa shape index (κ1) is 11.6. The van der Waals surface area contributed by atoms with Crippen LogP contribution in [0.1, 0.15) is 20.8 Å². The quantitative estimate of drug-likeness (QED) is 0.687. The van der Waals surface area contributed by atoms with Gasteiger partial charge >= 0.3 is 6.09 Å². The fourth-order valence-corrected chi connectivity index (χ4v) is 0.950. The Kier molecular flexibility index (Phi) is 3.34. The van der Waals surface area contributed by atoms with E-state index in [-0.39, 0.29) is 0 Å². The van der Waals surface area contributed by atoms with Gasteiger partial charge in [-0.25, -0.2) is 9.78 Å². The summed E-state index contributed by atoms with van der Waals surface area (Å²) < 4.78 is 5.08. The van der Waals surface area contributed by atoms with Crippen LogP contribution in [0.15, 0.2) is 18.3 Å². The summed E-state index contributed by atoms with van der Waals surface area (Å²) in [6.07, 6.45) is 1.20. The Labute approximate surface area is 90.5 Å². The van der Waals surface area contributed by atoms with Crippen LogP contribution < -0.4 is 10.8 Å². The average molecular weight is 206 g/mol. The van der Waals surface area contributed by atoms with E-state index >= 15 is 0 Å². The monoisotopic (exact) mass is 206 g/mol. The molecular formula is C10H15BN2O2. The second-order valence-corrected chi connectivity index (χ2v) is 4.35. The van der Waals surface area contributed by atoms with Crippen molar-refractivity contribution < 1.29 is 9.53 Å². The highest BCUT2D eigenvalue weighted by Gasteiger charge is 2.16. The van der Waals surface area contributed by atoms with E-state index in [4.69, 9.17) is 4.74 Å². The summed E-state index contributed by atoms with van der Waals surface area (Å²) in [5, 5.41) is 2.55. The molecule has 1 aromatic rings. The molecule has 0 aliphatic carbocycles. The molecule has 0 saturated carbocycles. The minimum Gasteiger partial charge on any atom is -0.444 e. The minimum absolute atomic E-state index is 0.487. The van der Waals surface area contributed by atoms with Gasteiger partial charge in [0.2, 0.25) is 0 Å². The molecule has 0 fully saturated rings. The van der Waals surface area contributed by atoms with Gasteiger partial charge in [-0.15, -0.1) is 0 Å². The van der Waals surface area contributed by atoms with Crippen molar-refractivity contribution in [3.05, 3.63) is 18.3 Å². The molecule has 0 aliphatic rings. The lowest BCUT2D eigenvalue weighted by Crippen LogP contribution is -2.27. The van der Waals surface area contributed by atoms with Crippen LogP contribution in [-0.4, -0.2) is 24.5 Å². The second kappa shape index (κ2) is 4.34. The van der Waals surface area contributed by atoms with Crippen LogP contribution in [0.5, 0.6) is 0 Å². The number of hydrogen-bond donors (Lipinski definition) is 1. The normalized spacial score (nSPS) is 10.9. The summed E-state index contributed by atoms with van der Waals surface area (Å²) >= 11 is 0. The zero-order valence-corrected chi connectivity index (χ0v) is 9.50. The second-order valence-electron chi connectivity index (χ2n) is 4.35. The zero-order valence-electron chi connectivity index (χ0n) is 9.50. The van der Waals surface area contributed by atoms with Crippen LogP contribution in [0.2, 0.25) is 0 Å². The molecule has 0 saturated heterocycles. The van der Waals surface area contributed by atoms with Crippen LogP contribution in [-0.2, 0) is 4.74 Å². The Bertz CT molecular complexity index is 343. The minimum atomic E-state index is -0.491. The molecule has 0 radical (unpaired) electrons. The van der Waals surface area contributed by atoms with Gasteiger partial charge in [0.1, 0.15) is 19.3 Å². The first-order chi connectivity index (χ1) is 6.87. The number of amides is 1. The van der Waals surface area contributed by atoms with Crippen molar-refractivity contribution >= 4 is 25.2 Å². The van der Waals surface area contributed by atoms with Crippen molar-refractivity contribution in [3.8, 4) is 0 Å². The molecule has 80 valence electrons. The third-order valence-electron chi connectivity index (χ3n) is 1.54. The molecule has 0 atom stereocenters. The lowest BCUT2D eigenvalue weighted by molar-refractivity contribution is 0.0635. The number of aromatic nitrogens is 1. The molecule has 4 nitrogen and oxygen atoms in total. The van der Waals surface area contributed by atoms with Crippen LogP contribution in [0.4, 0.5) is 10.6 Å². The van der Waals surface area contributed by atoms with Crippen molar-refractivity contribution in [1.29, 1.82) is 0 Å². The largest absolute Gasteiger partial charge is 0.444 e. The number of rotatable bonds is 1. The molecule has 1 rings (SSSR count). The number of carbonyl (C=O) groups is 1. The number of ether oxygens (including phenoxy) is 1. The highest BCUT2D eigenvalue weighted by molar-refractivity contribution is 6.32. The van der Waals surface area contributed by atoms with Crippen molar-refractivity contribution in [1.82, 2.24) is 4.98 Å². The number of pyridine rings is 1. The van der Waals surface area contributed by atoms with E-state index in [9.17, 15) is 4.79 Å². The highest BCUT2D eigenvalue weighted by Crippen LogP contribution is 2.08. The Morgan fingerprint density at radius 3 is 2.60 bits per heavy atom. The maximum absolute atomic E-state index is 11.3. The number of anilines is 1. The molecule has 1 amide bonds. The number of nitrogens with one attached hydrogen (secondary N) is 1. The molecule has 0 aromatic carbocycles. The molecule has 0 bridgehead atoms. The van der Waals surface area contributed by atoms with E-state index in [1.165, 1.54) is 0 Å². The maximum atomic E-state index is 11.3. The molecular weight excluding hydrogens is 191 g/mol. The Morgan fingerprint density at radius 1 is 1.47 bits per heavy atom. The summed E-state index contributed by atoms with van der Waals surface area (Å²) in [4.78, 5) is 15.4. The predicted molar refractivity (Wildman–Crippen MR) is 62.3 cm³/mol. The Morgan fingerprint density at radius 2 is 2.13 bits per heavy atom. The van der Waals surface area contributed by atoms with Gasteiger partial charge in [0, 0.05) is 6.20 Å². The first-order valence-electron chi connectivity index (χ1n) is 4.79. The Balaban J connectivity index is 2.55. The van der Waals surface area contributed by atoms with E-state index in [1.807, 2.05) is 34.7 Å². The third-order valence-corrected chi connectivity index (χ3v) is 1.54. The summed E-state index contributed by atoms with van der Waals surface area (Å²) in [5.74, 6) is 0.495. The topological polar surface area (TPSA) is 51.2 Å². The number of carbonyl (C=O) groups excluding carboxylic acids is 1. The molecule has 15 heavy (non-hydrogen) atoms. The van der Waals surface area contributed by atoms with E-state index in [1.54, 1.807) is 12.3 Å². The summed E-state index contributed by atoms with van der Waals surface area (Å²) in [6.45, 7) is 5.44. The fraction of sp³-hybridized carbons (Fsp3) is 0.400. The van der Waals surface area contributed by atoms with E-state index in [2.05, 4.69) is 10.3 Å². The van der Waals surface area contributed by atoms with Crippen LogP contribution in [0.3, 0.4) is 0 Å². The van der Waals surface area contributed by atoms with Gasteiger partial charge in [-0.05, 0) is 26.8 Å². The van der Waals surface area contributed by atoms with Crippen molar-refractivity contribution in [3.63, 3.8) is 0 Å². The van der Waals surface area contributed by atoms with E-state index in [0.717, 1.165) is 5.46 Å². The van der Waals surface area contributed by atoms with Gasteiger partial charge in [-0.2, -0.15) is 0 Å². The fourth-order valence-electron chi connectivity index (χ4n) is 0.950. The summed E-state index contributed by atoms with van der Waals surface area (Å²) in [7, 11) is 1.93. The average Bonchev–Trinajstić information content (AvgIpc) is 2.05. The standard InChI is InChI=1S/C10H15BN2O2/c1-10(2,3)15-9(14)13-8-5-4-7(11)6-12-8/h4-6H,11H2,1-3H3,(H,12,13,14). The molecule has 1 heterocycles. The van der Waals surface area contributed by atoms with Crippen molar-refractivity contribution in [2.24, 2.45) is 0 Å². The van der Waals surface area contributed by atoms with Gasteiger partial charge < -0.3 is 4.74 Å². The zero-order chi connectivity index (χ0) is 11.5. The highest BCUT2D eigenvalue weighted by atomic mass is 16.6. The maximum Gasteiger partial charge on any atom is 0.413 e. The van der Waals surface area contributed by atoms with Gasteiger partial charge in [0.05, 0.1) is 0 Å². The summed E-state index contributed by atoms with van der Waals surface area (Å²) in [5.41, 5.74) is 0.555. The summed E-state index contributed by atoms with van der Waals surface area (Å²) in [6, 6.07) is 3.61. The molecule has 0 spiro atoms. The van der Waals surface area contributed by atoms with Crippen molar-refractivity contribution in [2.75, 3.05) is 5.32 Å². The molecule has 5 heteroatoms. The van der Waals surface area contributed by atoms with Crippen LogP contribution in [0.25, 0.3) is 0 Å². The van der Waals surface area contributed by atoms with Gasteiger partial charge in [-0.3, -0.25) is 5.32 Å². The number of hydrogen-bond acceptors (Lipinski definition) is 3. The smallest absolute Gasteiger partial charge is 0.413 e. The van der Waals surface area contributed by atoms with E-state index in [0.29, 0.717) is 5.82 Å². The lowest BCUT2D eigenvalue weighted by atomic mass is 9.99. The van der Waals surface area contributed by atoms with Crippen LogP contribution in [0, 0.1) is 0 Å². The number of nitrogens with zero attached hydrogens (tertiary/aromatic N) is 1. The van der Waals surface area contributed by atoms with Gasteiger partial charge in [0.25, 0.3) is 0 Å². The van der Waals surface area contributed by atoms with Gasteiger partial charge in [0.15, 0.2) is 0 Å². The molecule has 1 N–H and O–H groups in total.